The fourth-order valence-corrected chi connectivity index (χ4v) is 3.92. The second kappa shape index (κ2) is 9.15. The van der Waals surface area contributed by atoms with Gasteiger partial charge in [-0.05, 0) is 19.1 Å². The number of nitrogen functional groups attached to an aromatic ring is 1. The van der Waals surface area contributed by atoms with Crippen LogP contribution in [0.4, 0.5) is 21.7 Å². The van der Waals surface area contributed by atoms with Crippen molar-refractivity contribution in [3.8, 4) is 11.6 Å². The summed E-state index contributed by atoms with van der Waals surface area (Å²) < 4.78 is 31.2. The molecule has 0 radical (unpaired) electrons. The van der Waals surface area contributed by atoms with Gasteiger partial charge >= 0.3 is 0 Å². The molecular formula is C23H22FN7O6. The van der Waals surface area contributed by atoms with Crippen LogP contribution >= 0.6 is 0 Å². The zero-order valence-corrected chi connectivity index (χ0v) is 19.7. The fourth-order valence-electron chi connectivity index (χ4n) is 3.92. The van der Waals surface area contributed by atoms with Crippen molar-refractivity contribution in [3.63, 3.8) is 0 Å². The molecule has 2 atom stereocenters. The third-order valence-electron chi connectivity index (χ3n) is 5.94. The third kappa shape index (κ3) is 4.32. The Morgan fingerprint density at radius 1 is 1.35 bits per heavy atom. The van der Waals surface area contributed by atoms with Gasteiger partial charge in [0.25, 0.3) is 11.8 Å². The number of pyridine rings is 1. The number of amides is 2. The van der Waals surface area contributed by atoms with Crippen LogP contribution in [0, 0.1) is 5.82 Å². The molecule has 1 saturated heterocycles. The van der Waals surface area contributed by atoms with E-state index >= 15 is 0 Å². The highest BCUT2D eigenvalue weighted by Crippen LogP contribution is 2.28. The Hall–Kier alpha value is -4.56. The number of fused-ring (bicyclic) bond motifs is 1. The molecule has 2 unspecified atom stereocenters. The van der Waals surface area contributed by atoms with Crippen LogP contribution in [0.2, 0.25) is 0 Å². The van der Waals surface area contributed by atoms with E-state index < -0.39 is 29.3 Å². The Morgan fingerprint density at radius 3 is 2.95 bits per heavy atom. The van der Waals surface area contributed by atoms with Crippen LogP contribution in [-0.4, -0.2) is 68.8 Å². The number of anilines is 3. The van der Waals surface area contributed by atoms with E-state index in [-0.39, 0.29) is 36.4 Å². The number of nitrogens with one attached hydrogen (secondary N) is 1. The molecule has 37 heavy (non-hydrogen) atoms. The first kappa shape index (κ1) is 24.1. The molecule has 4 aromatic rings. The summed E-state index contributed by atoms with van der Waals surface area (Å²) in [4.78, 5) is 31.3. The zero-order chi connectivity index (χ0) is 26.3. The molecule has 2 amide bonds. The van der Waals surface area contributed by atoms with Crippen LogP contribution in [0.15, 0.2) is 47.2 Å². The van der Waals surface area contributed by atoms with Gasteiger partial charge in [0.05, 0.1) is 31.8 Å². The number of methoxy groups -OCH3 is 1. The molecule has 13 nitrogen and oxygen atoms in total. The van der Waals surface area contributed by atoms with Crippen molar-refractivity contribution in [2.24, 2.45) is 0 Å². The Morgan fingerprint density at radius 2 is 2.16 bits per heavy atom. The maximum absolute atomic E-state index is 14.3. The number of aliphatic hydroxyl groups is 1. The molecule has 1 aromatic carbocycles. The smallest absolute Gasteiger partial charge is 0.260 e. The Labute approximate surface area is 208 Å². The van der Waals surface area contributed by atoms with E-state index in [2.05, 4.69) is 20.6 Å². The van der Waals surface area contributed by atoms with E-state index in [9.17, 15) is 19.1 Å². The minimum atomic E-state index is -2.25. The number of halogens is 1. The number of nitrogens with zero attached hydrogens (tertiary/aromatic N) is 5. The monoisotopic (exact) mass is 511 g/mol. The van der Waals surface area contributed by atoms with Crippen molar-refractivity contribution >= 4 is 40.1 Å². The summed E-state index contributed by atoms with van der Waals surface area (Å²) in [7, 11) is 1.40. The second-order valence-corrected chi connectivity index (χ2v) is 8.42. The highest BCUT2D eigenvalue weighted by atomic mass is 19.1. The lowest BCUT2D eigenvalue weighted by atomic mass is 9.95. The summed E-state index contributed by atoms with van der Waals surface area (Å²) in [6, 6.07) is 7.50. The number of morpholine rings is 1. The molecule has 0 spiro atoms. The van der Waals surface area contributed by atoms with Crippen molar-refractivity contribution in [2.45, 2.75) is 18.6 Å². The average molecular weight is 511 g/mol. The van der Waals surface area contributed by atoms with Crippen molar-refractivity contribution in [2.75, 3.05) is 36.2 Å². The molecule has 5 rings (SSSR count). The molecule has 4 heterocycles. The lowest BCUT2D eigenvalue weighted by molar-refractivity contribution is -0.165. The molecule has 1 aliphatic rings. The van der Waals surface area contributed by atoms with E-state index in [0.29, 0.717) is 16.7 Å². The highest BCUT2D eigenvalue weighted by Gasteiger charge is 2.49. The van der Waals surface area contributed by atoms with Crippen LogP contribution in [0.5, 0.6) is 5.88 Å². The molecule has 0 aliphatic carbocycles. The summed E-state index contributed by atoms with van der Waals surface area (Å²) in [5.41, 5.74) is 4.14. The van der Waals surface area contributed by atoms with Crippen molar-refractivity contribution in [1.29, 1.82) is 0 Å². The molecular weight excluding hydrogens is 489 g/mol. The Kier molecular flexibility index (Phi) is 5.97. The average Bonchev–Trinajstić information content (AvgIpc) is 3.51. The van der Waals surface area contributed by atoms with Gasteiger partial charge < -0.3 is 30.2 Å². The molecule has 1 fully saturated rings. The number of aromatic nitrogens is 4. The van der Waals surface area contributed by atoms with Gasteiger partial charge in [0.15, 0.2) is 34.7 Å². The SMILES string of the molecule is COc1cc(-n2ccc(N3CCOC(C(C)(O)C(=O)Nc4ccc5c(N)noc5c4)C3=O)n2)c(F)cn1. The molecule has 3 aromatic heterocycles. The first-order valence-corrected chi connectivity index (χ1v) is 11.1. The first-order chi connectivity index (χ1) is 17.7. The summed E-state index contributed by atoms with van der Waals surface area (Å²) >= 11 is 0. The zero-order valence-electron chi connectivity index (χ0n) is 19.7. The fraction of sp³-hybridized carbons (Fsp3) is 0.261. The number of hydrogen-bond donors (Lipinski definition) is 3. The highest BCUT2D eigenvalue weighted by molar-refractivity contribution is 6.06. The first-order valence-electron chi connectivity index (χ1n) is 11.1. The van der Waals surface area contributed by atoms with Gasteiger partial charge in [-0.3, -0.25) is 14.5 Å². The number of carbonyl (C=O) groups is 2. The van der Waals surface area contributed by atoms with Crippen LogP contribution in [0.1, 0.15) is 6.92 Å². The van der Waals surface area contributed by atoms with Gasteiger partial charge in [0.1, 0.15) is 5.69 Å². The summed E-state index contributed by atoms with van der Waals surface area (Å²) in [5, 5.41) is 22.1. The van der Waals surface area contributed by atoms with Gasteiger partial charge in [-0.1, -0.05) is 5.16 Å². The summed E-state index contributed by atoms with van der Waals surface area (Å²) in [6.45, 7) is 1.31. The van der Waals surface area contributed by atoms with E-state index in [0.717, 1.165) is 6.20 Å². The Bertz CT molecular complexity index is 1500. The lowest BCUT2D eigenvalue weighted by Crippen LogP contribution is -2.61. The van der Waals surface area contributed by atoms with Gasteiger partial charge in [-0.15, -0.1) is 5.10 Å². The van der Waals surface area contributed by atoms with E-state index in [4.69, 9.17) is 19.7 Å². The minimum Gasteiger partial charge on any atom is -0.481 e. The predicted octanol–water partition coefficient (Wildman–Crippen LogP) is 1.26. The van der Waals surface area contributed by atoms with E-state index in [1.807, 2.05) is 0 Å². The molecule has 0 bridgehead atoms. The third-order valence-corrected chi connectivity index (χ3v) is 5.94. The Balaban J connectivity index is 1.35. The van der Waals surface area contributed by atoms with Gasteiger partial charge in [0.2, 0.25) is 5.88 Å². The van der Waals surface area contributed by atoms with Gasteiger partial charge in [0, 0.05) is 30.1 Å². The van der Waals surface area contributed by atoms with Crippen molar-refractivity contribution in [1.82, 2.24) is 19.9 Å². The quantitative estimate of drug-likeness (QED) is 0.342. The van der Waals surface area contributed by atoms with E-state index in [1.165, 1.54) is 48.0 Å². The van der Waals surface area contributed by atoms with Crippen LogP contribution < -0.4 is 20.7 Å². The number of carbonyl (C=O) groups excluding carboxylic acids is 2. The maximum Gasteiger partial charge on any atom is 0.260 e. The predicted molar refractivity (Wildman–Crippen MR) is 128 cm³/mol. The number of hydrogen-bond acceptors (Lipinski definition) is 10. The van der Waals surface area contributed by atoms with Crippen LogP contribution in [0.25, 0.3) is 16.7 Å². The normalized spacial score (nSPS) is 17.6. The minimum absolute atomic E-state index is 0.0213. The van der Waals surface area contributed by atoms with Crippen molar-refractivity contribution < 1.29 is 33.1 Å². The van der Waals surface area contributed by atoms with Crippen LogP contribution in [0.3, 0.4) is 0 Å². The topological polar surface area (TPSA) is 171 Å². The van der Waals surface area contributed by atoms with E-state index in [1.54, 1.807) is 12.1 Å². The number of benzene rings is 1. The molecule has 192 valence electrons. The van der Waals surface area contributed by atoms with Gasteiger partial charge in [-0.2, -0.15) is 0 Å². The summed E-state index contributed by atoms with van der Waals surface area (Å²) in [6.07, 6.45) is 0.923. The lowest BCUT2D eigenvalue weighted by Gasteiger charge is -2.37. The standard InChI is InChI=1S/C23H22FN7O6/c1-23(34,22(33)27-12-3-4-13-16(9-12)37-29-20(13)25)19-21(32)30(7-8-36-19)17-5-6-31(28-17)15-10-18(35-2)26-11-14(15)24/h3-6,9-11,19,34H,7-8H2,1-2H3,(H2,25,29)(H,27,33). The number of rotatable bonds is 6. The van der Waals surface area contributed by atoms with Gasteiger partial charge in [-0.25, -0.2) is 14.1 Å². The number of nitrogens with two attached hydrogens (primary N) is 1. The largest absolute Gasteiger partial charge is 0.481 e. The molecule has 0 saturated carbocycles. The number of ether oxygens (including phenoxy) is 2. The van der Waals surface area contributed by atoms with Crippen LogP contribution in [-0.2, 0) is 14.3 Å². The molecule has 4 N–H and O–H groups in total. The molecule has 14 heteroatoms. The van der Waals surface area contributed by atoms with Crippen molar-refractivity contribution in [3.05, 3.63) is 48.5 Å². The molecule has 1 aliphatic heterocycles. The second-order valence-electron chi connectivity index (χ2n) is 8.42. The summed E-state index contributed by atoms with van der Waals surface area (Å²) in [5.74, 6) is -1.65. The maximum atomic E-state index is 14.3.